The highest BCUT2D eigenvalue weighted by Gasteiger charge is 2.15. The summed E-state index contributed by atoms with van der Waals surface area (Å²) in [6.07, 6.45) is 0. The minimum absolute atomic E-state index is 0.0473. The molecule has 0 spiro atoms. The Morgan fingerprint density at radius 1 is 1.05 bits per heavy atom. The van der Waals surface area contributed by atoms with Crippen LogP contribution in [0.15, 0.2) is 54.6 Å². The molecule has 3 heteroatoms. The maximum Gasteiger partial charge on any atom is 0.123 e. The largest absolute Gasteiger partial charge is 0.383 e. The molecule has 2 unspecified atom stereocenters. The second-order valence-electron chi connectivity index (χ2n) is 4.86. The van der Waals surface area contributed by atoms with E-state index in [1.54, 1.807) is 19.2 Å². The van der Waals surface area contributed by atoms with E-state index in [-0.39, 0.29) is 17.9 Å². The van der Waals surface area contributed by atoms with Crippen molar-refractivity contribution in [2.45, 2.75) is 19.0 Å². The highest BCUT2D eigenvalue weighted by Crippen LogP contribution is 2.20. The van der Waals surface area contributed by atoms with Crippen molar-refractivity contribution in [3.05, 3.63) is 71.5 Å². The highest BCUT2D eigenvalue weighted by molar-refractivity contribution is 5.22. The molecule has 20 heavy (non-hydrogen) atoms. The Bertz CT molecular complexity index is 530. The van der Waals surface area contributed by atoms with E-state index in [1.165, 1.54) is 6.07 Å². The molecule has 1 N–H and O–H groups in total. The Balaban J connectivity index is 2.12. The molecule has 0 amide bonds. The number of benzene rings is 2. The van der Waals surface area contributed by atoms with Crippen LogP contribution in [0, 0.1) is 5.82 Å². The first-order chi connectivity index (χ1) is 9.70. The summed E-state index contributed by atoms with van der Waals surface area (Å²) in [4.78, 5) is 0. The fourth-order valence-electron chi connectivity index (χ4n) is 2.27. The summed E-state index contributed by atoms with van der Waals surface area (Å²) in [6.45, 7) is 2.60. The summed E-state index contributed by atoms with van der Waals surface area (Å²) in [7, 11) is 1.68. The molecule has 0 fully saturated rings. The van der Waals surface area contributed by atoms with Crippen molar-refractivity contribution in [3.8, 4) is 0 Å². The Hall–Kier alpha value is -1.71. The molecule has 2 aromatic carbocycles. The first-order valence-corrected chi connectivity index (χ1v) is 6.76. The van der Waals surface area contributed by atoms with Crippen molar-refractivity contribution in [3.63, 3.8) is 0 Å². The second kappa shape index (κ2) is 7.17. The maximum atomic E-state index is 13.3. The molecule has 0 saturated carbocycles. The normalized spacial score (nSPS) is 13.9. The molecular weight excluding hydrogens is 253 g/mol. The van der Waals surface area contributed by atoms with Gasteiger partial charge < -0.3 is 10.1 Å². The first kappa shape index (κ1) is 14.7. The summed E-state index contributed by atoms with van der Waals surface area (Å²) in [5.74, 6) is -0.209. The number of hydrogen-bond donors (Lipinski definition) is 1. The molecule has 0 radical (unpaired) electrons. The molecule has 0 heterocycles. The maximum absolute atomic E-state index is 13.3. The number of ether oxygens (including phenoxy) is 1. The number of hydrogen-bond acceptors (Lipinski definition) is 2. The quantitative estimate of drug-likeness (QED) is 0.862. The van der Waals surface area contributed by atoms with Gasteiger partial charge in [0.1, 0.15) is 5.82 Å². The van der Waals surface area contributed by atoms with Gasteiger partial charge in [-0.05, 0) is 30.2 Å². The minimum Gasteiger partial charge on any atom is -0.383 e. The zero-order valence-electron chi connectivity index (χ0n) is 11.8. The molecule has 0 aliphatic heterocycles. The van der Waals surface area contributed by atoms with Gasteiger partial charge in [0.25, 0.3) is 0 Å². The molecule has 106 valence electrons. The fraction of sp³-hybridized carbons (Fsp3) is 0.294. The van der Waals surface area contributed by atoms with E-state index in [1.807, 2.05) is 31.2 Å². The Morgan fingerprint density at radius 2 is 1.75 bits per heavy atom. The van der Waals surface area contributed by atoms with Crippen LogP contribution in [0.25, 0.3) is 0 Å². The van der Waals surface area contributed by atoms with Gasteiger partial charge in [-0.2, -0.15) is 0 Å². The molecule has 0 bridgehead atoms. The lowest BCUT2D eigenvalue weighted by atomic mass is 10.0. The van der Waals surface area contributed by atoms with E-state index >= 15 is 0 Å². The average molecular weight is 273 g/mol. The number of nitrogens with one attached hydrogen (secondary N) is 1. The molecular formula is C17H20FNO. The molecule has 2 atom stereocenters. The molecule has 0 aliphatic carbocycles. The molecule has 2 nitrogen and oxygen atoms in total. The fourth-order valence-corrected chi connectivity index (χ4v) is 2.27. The standard InChI is InChI=1S/C17H20FNO/c1-13(15-9-6-10-16(18)11-15)19-17(12-20-2)14-7-4-3-5-8-14/h3-11,13,17,19H,12H2,1-2H3. The first-order valence-electron chi connectivity index (χ1n) is 6.76. The van der Waals surface area contributed by atoms with Gasteiger partial charge in [0.2, 0.25) is 0 Å². The van der Waals surface area contributed by atoms with E-state index in [4.69, 9.17) is 4.74 Å². The number of halogens is 1. The zero-order valence-corrected chi connectivity index (χ0v) is 11.8. The predicted molar refractivity (Wildman–Crippen MR) is 79.0 cm³/mol. The summed E-state index contributed by atoms with van der Waals surface area (Å²) < 4.78 is 18.6. The lowest BCUT2D eigenvalue weighted by Crippen LogP contribution is -2.28. The summed E-state index contributed by atoms with van der Waals surface area (Å²) >= 11 is 0. The topological polar surface area (TPSA) is 21.3 Å². The van der Waals surface area contributed by atoms with Crippen LogP contribution in [0.2, 0.25) is 0 Å². The minimum atomic E-state index is -0.209. The smallest absolute Gasteiger partial charge is 0.123 e. The van der Waals surface area contributed by atoms with Crippen LogP contribution in [-0.2, 0) is 4.74 Å². The van der Waals surface area contributed by atoms with Gasteiger partial charge in [-0.3, -0.25) is 0 Å². The van der Waals surface area contributed by atoms with Gasteiger partial charge in [0, 0.05) is 13.2 Å². The van der Waals surface area contributed by atoms with Crippen LogP contribution < -0.4 is 5.32 Å². The van der Waals surface area contributed by atoms with E-state index in [0.717, 1.165) is 11.1 Å². The monoisotopic (exact) mass is 273 g/mol. The van der Waals surface area contributed by atoms with Gasteiger partial charge in [0.05, 0.1) is 12.6 Å². The van der Waals surface area contributed by atoms with Crippen molar-refractivity contribution in [2.24, 2.45) is 0 Å². The number of rotatable bonds is 6. The van der Waals surface area contributed by atoms with Gasteiger partial charge >= 0.3 is 0 Å². The Morgan fingerprint density at radius 3 is 2.40 bits per heavy atom. The van der Waals surface area contributed by atoms with Crippen molar-refractivity contribution < 1.29 is 9.13 Å². The van der Waals surface area contributed by atoms with Crippen molar-refractivity contribution in [2.75, 3.05) is 13.7 Å². The summed E-state index contributed by atoms with van der Waals surface area (Å²) in [6, 6.07) is 16.9. The lowest BCUT2D eigenvalue weighted by molar-refractivity contribution is 0.162. The summed E-state index contributed by atoms with van der Waals surface area (Å²) in [5, 5.41) is 3.49. The highest BCUT2D eigenvalue weighted by atomic mass is 19.1. The van der Waals surface area contributed by atoms with Crippen LogP contribution >= 0.6 is 0 Å². The third kappa shape index (κ3) is 3.89. The predicted octanol–water partition coefficient (Wildman–Crippen LogP) is 3.86. The van der Waals surface area contributed by atoms with E-state index in [2.05, 4.69) is 17.4 Å². The van der Waals surface area contributed by atoms with Gasteiger partial charge in [-0.1, -0.05) is 42.5 Å². The SMILES string of the molecule is COCC(NC(C)c1cccc(F)c1)c1ccccc1. The summed E-state index contributed by atoms with van der Waals surface area (Å²) in [5.41, 5.74) is 2.10. The Labute approximate surface area is 119 Å². The second-order valence-corrected chi connectivity index (χ2v) is 4.86. The van der Waals surface area contributed by atoms with E-state index < -0.39 is 0 Å². The van der Waals surface area contributed by atoms with Crippen molar-refractivity contribution in [1.29, 1.82) is 0 Å². The van der Waals surface area contributed by atoms with E-state index in [9.17, 15) is 4.39 Å². The average Bonchev–Trinajstić information content (AvgIpc) is 2.47. The molecule has 0 saturated heterocycles. The van der Waals surface area contributed by atoms with Crippen molar-refractivity contribution in [1.82, 2.24) is 5.32 Å². The van der Waals surface area contributed by atoms with Gasteiger partial charge in [-0.25, -0.2) is 4.39 Å². The zero-order chi connectivity index (χ0) is 14.4. The number of methoxy groups -OCH3 is 1. The lowest BCUT2D eigenvalue weighted by Gasteiger charge is -2.23. The molecule has 2 rings (SSSR count). The van der Waals surface area contributed by atoms with Crippen LogP contribution in [0.3, 0.4) is 0 Å². The van der Waals surface area contributed by atoms with E-state index in [0.29, 0.717) is 6.61 Å². The van der Waals surface area contributed by atoms with Crippen LogP contribution in [-0.4, -0.2) is 13.7 Å². The van der Waals surface area contributed by atoms with Crippen LogP contribution in [0.5, 0.6) is 0 Å². The van der Waals surface area contributed by atoms with Gasteiger partial charge in [0.15, 0.2) is 0 Å². The molecule has 2 aromatic rings. The van der Waals surface area contributed by atoms with Crippen LogP contribution in [0.1, 0.15) is 30.1 Å². The third-order valence-corrected chi connectivity index (χ3v) is 3.34. The molecule has 0 aromatic heterocycles. The Kier molecular flexibility index (Phi) is 5.27. The van der Waals surface area contributed by atoms with Gasteiger partial charge in [-0.15, -0.1) is 0 Å². The van der Waals surface area contributed by atoms with Crippen LogP contribution in [0.4, 0.5) is 4.39 Å². The van der Waals surface area contributed by atoms with Crippen molar-refractivity contribution >= 4 is 0 Å². The third-order valence-electron chi connectivity index (χ3n) is 3.34. The molecule has 0 aliphatic rings.